The van der Waals surface area contributed by atoms with E-state index in [0.717, 1.165) is 10.5 Å². The van der Waals surface area contributed by atoms with Crippen molar-refractivity contribution >= 4 is 18.6 Å². The summed E-state index contributed by atoms with van der Waals surface area (Å²) in [5, 5.41) is 0. The largest absolute Gasteiger partial charge is 0.460 e. The molecule has 1 aromatic rings. The first kappa shape index (κ1) is 14.1. The number of ether oxygens (including phenoxy) is 2. The van der Waals surface area contributed by atoms with Crippen LogP contribution in [0.3, 0.4) is 0 Å². The summed E-state index contributed by atoms with van der Waals surface area (Å²) in [5.41, 5.74) is 1.44. The van der Waals surface area contributed by atoms with Crippen LogP contribution in [0.1, 0.15) is 29.8 Å². The second-order valence-corrected chi connectivity index (χ2v) is 4.57. The summed E-state index contributed by atoms with van der Waals surface area (Å²) in [6, 6.07) is 5.41. The molecule has 1 aromatic carbocycles. The van der Waals surface area contributed by atoms with Crippen molar-refractivity contribution in [1.29, 1.82) is 0 Å². The van der Waals surface area contributed by atoms with E-state index in [4.69, 9.17) is 9.47 Å². The Balaban J connectivity index is 2.49. The molecule has 17 heavy (non-hydrogen) atoms. The van der Waals surface area contributed by atoms with Crippen molar-refractivity contribution < 1.29 is 14.3 Å². The highest BCUT2D eigenvalue weighted by Gasteiger charge is 2.10. The van der Waals surface area contributed by atoms with Gasteiger partial charge in [0.15, 0.2) is 0 Å². The van der Waals surface area contributed by atoms with Gasteiger partial charge in [0, 0.05) is 4.90 Å². The molecule has 0 N–H and O–H groups in total. The van der Waals surface area contributed by atoms with Crippen LogP contribution in [-0.4, -0.2) is 25.3 Å². The number of hydrogen-bond acceptors (Lipinski definition) is 4. The van der Waals surface area contributed by atoms with Gasteiger partial charge < -0.3 is 9.47 Å². The van der Waals surface area contributed by atoms with Gasteiger partial charge in [-0.05, 0) is 38.5 Å². The normalized spacial score (nSPS) is 10.6. The molecule has 0 saturated carbocycles. The third-order valence-electron chi connectivity index (χ3n) is 2.21. The summed E-state index contributed by atoms with van der Waals surface area (Å²) in [7, 11) is 0. The number of benzene rings is 1. The highest BCUT2D eigenvalue weighted by Crippen LogP contribution is 2.14. The van der Waals surface area contributed by atoms with Gasteiger partial charge in [-0.15, -0.1) is 12.6 Å². The summed E-state index contributed by atoms with van der Waals surface area (Å²) in [6.45, 7) is 6.44. The van der Waals surface area contributed by atoms with E-state index in [0.29, 0.717) is 12.2 Å². The lowest BCUT2D eigenvalue weighted by Gasteiger charge is -2.09. The third kappa shape index (κ3) is 4.79. The van der Waals surface area contributed by atoms with E-state index < -0.39 is 0 Å². The zero-order valence-corrected chi connectivity index (χ0v) is 11.3. The molecule has 3 nitrogen and oxygen atoms in total. The van der Waals surface area contributed by atoms with Gasteiger partial charge >= 0.3 is 5.97 Å². The molecule has 0 heterocycles. The van der Waals surface area contributed by atoms with Gasteiger partial charge in [0.25, 0.3) is 0 Å². The quantitative estimate of drug-likeness (QED) is 0.498. The number of esters is 1. The minimum atomic E-state index is -0.328. The molecule has 0 unspecified atom stereocenters. The summed E-state index contributed by atoms with van der Waals surface area (Å²) in [6.07, 6.45) is 0.149. The van der Waals surface area contributed by atoms with E-state index in [9.17, 15) is 4.79 Å². The smallest absolute Gasteiger partial charge is 0.338 e. The molecule has 0 aliphatic rings. The molecular formula is C13H18O3S. The standard InChI is InChI=1S/C13H18O3S/c1-9(2)15-6-7-16-13(14)12-8-11(17)5-4-10(12)3/h4-5,8-9,17H,6-7H2,1-3H3. The van der Waals surface area contributed by atoms with Crippen molar-refractivity contribution in [2.75, 3.05) is 13.2 Å². The van der Waals surface area contributed by atoms with Crippen LogP contribution in [0.2, 0.25) is 0 Å². The van der Waals surface area contributed by atoms with Crippen LogP contribution in [0, 0.1) is 6.92 Å². The maximum absolute atomic E-state index is 11.8. The molecule has 0 bridgehead atoms. The van der Waals surface area contributed by atoms with Crippen molar-refractivity contribution in [3.8, 4) is 0 Å². The summed E-state index contributed by atoms with van der Waals surface area (Å²) >= 11 is 4.20. The van der Waals surface area contributed by atoms with Gasteiger partial charge in [-0.1, -0.05) is 6.07 Å². The molecule has 0 amide bonds. The fraction of sp³-hybridized carbons (Fsp3) is 0.462. The zero-order valence-electron chi connectivity index (χ0n) is 10.4. The Morgan fingerprint density at radius 3 is 2.71 bits per heavy atom. The van der Waals surface area contributed by atoms with Gasteiger partial charge in [-0.2, -0.15) is 0 Å². The van der Waals surface area contributed by atoms with E-state index in [1.807, 2.05) is 32.9 Å². The number of rotatable bonds is 5. The predicted molar refractivity (Wildman–Crippen MR) is 69.8 cm³/mol. The molecule has 0 fully saturated rings. The van der Waals surface area contributed by atoms with Crippen molar-refractivity contribution in [3.63, 3.8) is 0 Å². The van der Waals surface area contributed by atoms with E-state index in [2.05, 4.69) is 12.6 Å². The second kappa shape index (κ2) is 6.67. The number of carbonyl (C=O) groups is 1. The molecule has 1 rings (SSSR count). The molecule has 0 aliphatic heterocycles. The molecule has 0 saturated heterocycles. The predicted octanol–water partition coefficient (Wildman–Crippen LogP) is 2.87. The Kier molecular flexibility index (Phi) is 5.51. The molecule has 0 atom stereocenters. The van der Waals surface area contributed by atoms with Crippen LogP contribution in [0.15, 0.2) is 23.1 Å². The molecule has 94 valence electrons. The first-order valence-corrected chi connectivity index (χ1v) is 6.03. The first-order chi connectivity index (χ1) is 8.00. The van der Waals surface area contributed by atoms with Gasteiger partial charge in [0.1, 0.15) is 6.61 Å². The highest BCUT2D eigenvalue weighted by molar-refractivity contribution is 7.80. The molecular weight excluding hydrogens is 236 g/mol. The van der Waals surface area contributed by atoms with Gasteiger partial charge in [0.05, 0.1) is 18.3 Å². The average molecular weight is 254 g/mol. The number of carbonyl (C=O) groups excluding carboxylic acids is 1. The fourth-order valence-corrected chi connectivity index (χ4v) is 1.53. The molecule has 0 aliphatic carbocycles. The Labute approximate surface area is 108 Å². The fourth-order valence-electron chi connectivity index (χ4n) is 1.33. The Bertz CT molecular complexity index is 388. The van der Waals surface area contributed by atoms with Crippen molar-refractivity contribution in [2.45, 2.75) is 31.8 Å². The van der Waals surface area contributed by atoms with Crippen LogP contribution in [0.5, 0.6) is 0 Å². The lowest BCUT2D eigenvalue weighted by atomic mass is 10.1. The number of aryl methyl sites for hydroxylation is 1. The molecule has 4 heteroatoms. The Morgan fingerprint density at radius 1 is 1.35 bits per heavy atom. The van der Waals surface area contributed by atoms with Crippen LogP contribution < -0.4 is 0 Å². The van der Waals surface area contributed by atoms with Gasteiger partial charge in [-0.25, -0.2) is 4.79 Å². The van der Waals surface area contributed by atoms with Crippen molar-refractivity contribution in [3.05, 3.63) is 29.3 Å². The lowest BCUT2D eigenvalue weighted by Crippen LogP contribution is -2.14. The van der Waals surface area contributed by atoms with E-state index >= 15 is 0 Å². The van der Waals surface area contributed by atoms with Crippen LogP contribution in [-0.2, 0) is 9.47 Å². The Hall–Kier alpha value is -1.00. The lowest BCUT2D eigenvalue weighted by molar-refractivity contribution is 0.0176. The van der Waals surface area contributed by atoms with Crippen molar-refractivity contribution in [1.82, 2.24) is 0 Å². The highest BCUT2D eigenvalue weighted by atomic mass is 32.1. The maximum atomic E-state index is 11.8. The third-order valence-corrected chi connectivity index (χ3v) is 2.49. The van der Waals surface area contributed by atoms with E-state index in [1.165, 1.54) is 0 Å². The van der Waals surface area contributed by atoms with Gasteiger partial charge in [0.2, 0.25) is 0 Å². The van der Waals surface area contributed by atoms with Crippen LogP contribution >= 0.6 is 12.6 Å². The van der Waals surface area contributed by atoms with Crippen LogP contribution in [0.4, 0.5) is 0 Å². The minimum absolute atomic E-state index is 0.149. The number of hydrogen-bond donors (Lipinski definition) is 1. The van der Waals surface area contributed by atoms with E-state index in [1.54, 1.807) is 6.07 Å². The second-order valence-electron chi connectivity index (χ2n) is 4.05. The zero-order chi connectivity index (χ0) is 12.8. The number of thiol groups is 1. The average Bonchev–Trinajstić information content (AvgIpc) is 2.27. The monoisotopic (exact) mass is 254 g/mol. The topological polar surface area (TPSA) is 35.5 Å². The maximum Gasteiger partial charge on any atom is 0.338 e. The molecule has 0 aromatic heterocycles. The summed E-state index contributed by atoms with van der Waals surface area (Å²) in [4.78, 5) is 12.5. The summed E-state index contributed by atoms with van der Waals surface area (Å²) < 4.78 is 10.4. The van der Waals surface area contributed by atoms with E-state index in [-0.39, 0.29) is 18.7 Å². The minimum Gasteiger partial charge on any atom is -0.460 e. The first-order valence-electron chi connectivity index (χ1n) is 5.59. The SMILES string of the molecule is Cc1ccc(S)cc1C(=O)OCCOC(C)C. The Morgan fingerprint density at radius 2 is 2.06 bits per heavy atom. The van der Waals surface area contributed by atoms with Crippen molar-refractivity contribution in [2.24, 2.45) is 0 Å². The van der Waals surface area contributed by atoms with Crippen LogP contribution in [0.25, 0.3) is 0 Å². The summed E-state index contributed by atoms with van der Waals surface area (Å²) in [5.74, 6) is -0.328. The molecule has 0 radical (unpaired) electrons. The van der Waals surface area contributed by atoms with Gasteiger partial charge in [-0.3, -0.25) is 0 Å². The molecule has 0 spiro atoms.